The minimum absolute atomic E-state index is 0.0706. The SMILES string of the molecule is O=C(O)C(NP(=O)(O)O)C(=O)CCCc1ccccc1. The van der Waals surface area contributed by atoms with Crippen LogP contribution in [0.1, 0.15) is 18.4 Å². The highest BCUT2D eigenvalue weighted by Gasteiger charge is 2.31. The molecule has 0 spiro atoms. The van der Waals surface area contributed by atoms with Crippen molar-refractivity contribution in [1.82, 2.24) is 5.09 Å². The summed E-state index contributed by atoms with van der Waals surface area (Å²) in [4.78, 5) is 39.8. The summed E-state index contributed by atoms with van der Waals surface area (Å²) >= 11 is 0. The number of aryl methyl sites for hydroxylation is 1. The molecule has 1 rings (SSSR count). The van der Waals surface area contributed by atoms with Crippen molar-refractivity contribution in [1.29, 1.82) is 0 Å². The number of ketones is 1. The highest BCUT2D eigenvalue weighted by atomic mass is 31.2. The number of aliphatic carboxylic acids is 1. The monoisotopic (exact) mass is 301 g/mol. The fourth-order valence-corrected chi connectivity index (χ4v) is 2.28. The molecule has 0 heterocycles. The maximum atomic E-state index is 11.7. The maximum absolute atomic E-state index is 11.7. The normalized spacial score (nSPS) is 12.9. The second-order valence-corrected chi connectivity index (χ2v) is 5.60. The standard InChI is InChI=1S/C12H16NO6P/c14-10(11(12(15)16)13-20(17,18)19)8-4-7-9-5-2-1-3-6-9/h1-3,5-6,11H,4,7-8H2,(H,15,16)(H3,13,17,18,19). The quantitative estimate of drug-likeness (QED) is 0.412. The molecule has 7 nitrogen and oxygen atoms in total. The second-order valence-electron chi connectivity index (χ2n) is 4.25. The summed E-state index contributed by atoms with van der Waals surface area (Å²) in [6.07, 6.45) is 0.934. The van der Waals surface area contributed by atoms with Crippen LogP contribution in [0.5, 0.6) is 0 Å². The first-order valence-corrected chi connectivity index (χ1v) is 7.53. The van der Waals surface area contributed by atoms with Crippen LogP contribution in [-0.2, 0) is 20.6 Å². The van der Waals surface area contributed by atoms with E-state index in [2.05, 4.69) is 0 Å². The van der Waals surface area contributed by atoms with Crippen molar-refractivity contribution in [3.05, 3.63) is 35.9 Å². The lowest BCUT2D eigenvalue weighted by Crippen LogP contribution is -2.41. The summed E-state index contributed by atoms with van der Waals surface area (Å²) in [7, 11) is -4.77. The van der Waals surface area contributed by atoms with Crippen molar-refractivity contribution in [3.63, 3.8) is 0 Å². The number of carbonyl (C=O) groups is 2. The van der Waals surface area contributed by atoms with Gasteiger partial charge in [0.05, 0.1) is 0 Å². The summed E-state index contributed by atoms with van der Waals surface area (Å²) in [6, 6.07) is 7.45. The van der Waals surface area contributed by atoms with Gasteiger partial charge in [-0.2, -0.15) is 0 Å². The Kier molecular flexibility index (Phi) is 6.04. The molecule has 0 bridgehead atoms. The Morgan fingerprint density at radius 1 is 1.20 bits per heavy atom. The van der Waals surface area contributed by atoms with Crippen LogP contribution in [0.25, 0.3) is 0 Å². The fraction of sp³-hybridized carbons (Fsp3) is 0.333. The highest BCUT2D eigenvalue weighted by molar-refractivity contribution is 7.49. The number of hydrogen-bond donors (Lipinski definition) is 4. The van der Waals surface area contributed by atoms with E-state index >= 15 is 0 Å². The first-order chi connectivity index (χ1) is 9.29. The molecule has 0 fully saturated rings. The molecule has 0 aliphatic carbocycles. The third kappa shape index (κ3) is 6.08. The van der Waals surface area contributed by atoms with E-state index in [4.69, 9.17) is 14.9 Å². The number of carboxylic acid groups (broad SMARTS) is 1. The summed E-state index contributed by atoms with van der Waals surface area (Å²) in [5, 5.41) is 10.3. The molecule has 1 atom stereocenters. The van der Waals surface area contributed by atoms with Crippen molar-refractivity contribution in [2.24, 2.45) is 0 Å². The summed E-state index contributed by atoms with van der Waals surface area (Å²) < 4.78 is 10.7. The number of nitrogens with one attached hydrogen (secondary N) is 1. The van der Waals surface area contributed by atoms with Crippen molar-refractivity contribution in [3.8, 4) is 0 Å². The predicted octanol–water partition coefficient (Wildman–Crippen LogP) is 0.714. The number of carboxylic acids is 1. The molecule has 1 unspecified atom stereocenters. The maximum Gasteiger partial charge on any atom is 0.401 e. The van der Waals surface area contributed by atoms with Gasteiger partial charge in [0, 0.05) is 6.42 Å². The molecule has 1 aromatic carbocycles. The summed E-state index contributed by atoms with van der Waals surface area (Å²) in [6.45, 7) is 0. The van der Waals surface area contributed by atoms with E-state index in [1.165, 1.54) is 5.09 Å². The number of Topliss-reactive ketones (excluding diaryl/α,β-unsaturated/α-hetero) is 1. The van der Waals surface area contributed by atoms with Gasteiger partial charge in [0.2, 0.25) is 0 Å². The highest BCUT2D eigenvalue weighted by Crippen LogP contribution is 2.29. The van der Waals surface area contributed by atoms with Gasteiger partial charge in [0.1, 0.15) is 0 Å². The van der Waals surface area contributed by atoms with Crippen molar-refractivity contribution in [2.45, 2.75) is 25.3 Å². The first-order valence-electron chi connectivity index (χ1n) is 5.92. The number of hydrogen-bond acceptors (Lipinski definition) is 3. The predicted molar refractivity (Wildman–Crippen MR) is 71.0 cm³/mol. The van der Waals surface area contributed by atoms with Crippen LogP contribution >= 0.6 is 7.75 Å². The number of rotatable bonds is 8. The lowest BCUT2D eigenvalue weighted by molar-refractivity contribution is -0.143. The Morgan fingerprint density at radius 2 is 1.80 bits per heavy atom. The molecule has 0 aromatic heterocycles. The van der Waals surface area contributed by atoms with E-state index in [1.807, 2.05) is 30.3 Å². The van der Waals surface area contributed by atoms with Gasteiger partial charge in [-0.25, -0.2) is 9.65 Å². The van der Waals surface area contributed by atoms with Crippen molar-refractivity contribution in [2.75, 3.05) is 0 Å². The zero-order chi connectivity index (χ0) is 15.2. The van der Waals surface area contributed by atoms with E-state index in [0.29, 0.717) is 12.8 Å². The van der Waals surface area contributed by atoms with Gasteiger partial charge in [0.15, 0.2) is 11.8 Å². The Bertz CT molecular complexity index is 512. The largest absolute Gasteiger partial charge is 0.480 e. The van der Waals surface area contributed by atoms with Gasteiger partial charge in [0.25, 0.3) is 0 Å². The third-order valence-corrected chi connectivity index (χ3v) is 3.19. The molecule has 0 saturated heterocycles. The van der Waals surface area contributed by atoms with Gasteiger partial charge < -0.3 is 14.9 Å². The second kappa shape index (κ2) is 7.31. The van der Waals surface area contributed by atoms with Gasteiger partial charge in [-0.15, -0.1) is 0 Å². The fourth-order valence-electron chi connectivity index (χ4n) is 1.69. The topological polar surface area (TPSA) is 124 Å². The van der Waals surface area contributed by atoms with Crippen LogP contribution in [0.15, 0.2) is 30.3 Å². The van der Waals surface area contributed by atoms with E-state index in [1.54, 1.807) is 0 Å². The summed E-state index contributed by atoms with van der Waals surface area (Å²) in [5.74, 6) is -2.35. The van der Waals surface area contributed by atoms with Crippen LogP contribution < -0.4 is 5.09 Å². The molecule has 4 N–H and O–H groups in total. The van der Waals surface area contributed by atoms with Gasteiger partial charge in [-0.05, 0) is 18.4 Å². The van der Waals surface area contributed by atoms with E-state index in [9.17, 15) is 14.2 Å². The minimum Gasteiger partial charge on any atom is -0.480 e. The summed E-state index contributed by atoms with van der Waals surface area (Å²) in [5.41, 5.74) is 1.01. The average molecular weight is 301 g/mol. The minimum atomic E-state index is -4.77. The molecule has 0 aliphatic rings. The molecule has 110 valence electrons. The van der Waals surface area contributed by atoms with Crippen LogP contribution in [-0.4, -0.2) is 32.7 Å². The Morgan fingerprint density at radius 3 is 2.30 bits per heavy atom. The van der Waals surface area contributed by atoms with Crippen molar-refractivity contribution >= 4 is 19.5 Å². The number of benzene rings is 1. The first kappa shape index (κ1) is 16.5. The zero-order valence-electron chi connectivity index (χ0n) is 10.6. The number of carbonyl (C=O) groups excluding carboxylic acids is 1. The molecule has 0 aliphatic heterocycles. The Hall–Kier alpha value is -1.53. The molecule has 0 saturated carbocycles. The Balaban J connectivity index is 2.51. The van der Waals surface area contributed by atoms with Crippen LogP contribution in [0.2, 0.25) is 0 Å². The molecular formula is C12H16NO6P. The van der Waals surface area contributed by atoms with Crippen molar-refractivity contribution < 1.29 is 29.0 Å². The van der Waals surface area contributed by atoms with E-state index in [0.717, 1.165) is 5.56 Å². The third-order valence-electron chi connectivity index (χ3n) is 2.60. The smallest absolute Gasteiger partial charge is 0.401 e. The van der Waals surface area contributed by atoms with Gasteiger partial charge in [-0.1, -0.05) is 30.3 Å². The average Bonchev–Trinajstić information content (AvgIpc) is 2.36. The molecule has 8 heteroatoms. The van der Waals surface area contributed by atoms with Gasteiger partial charge in [-0.3, -0.25) is 9.59 Å². The lowest BCUT2D eigenvalue weighted by Gasteiger charge is -2.14. The van der Waals surface area contributed by atoms with Crippen LogP contribution in [0, 0.1) is 0 Å². The molecule has 0 amide bonds. The zero-order valence-corrected chi connectivity index (χ0v) is 11.5. The Labute approximate surface area is 115 Å². The van der Waals surface area contributed by atoms with Gasteiger partial charge >= 0.3 is 13.7 Å². The molecule has 20 heavy (non-hydrogen) atoms. The molecule has 1 aromatic rings. The lowest BCUT2D eigenvalue weighted by atomic mass is 10.0. The van der Waals surface area contributed by atoms with Crippen LogP contribution in [0.3, 0.4) is 0 Å². The van der Waals surface area contributed by atoms with Crippen LogP contribution in [0.4, 0.5) is 0 Å². The molecular weight excluding hydrogens is 285 g/mol. The van der Waals surface area contributed by atoms with E-state index < -0.39 is 25.5 Å². The molecule has 0 radical (unpaired) electrons. The van der Waals surface area contributed by atoms with E-state index in [-0.39, 0.29) is 6.42 Å².